The van der Waals surface area contributed by atoms with Gasteiger partial charge in [-0.3, -0.25) is 4.90 Å². The smallest absolute Gasteiger partial charge is 0.123 e. The first-order valence-corrected chi connectivity index (χ1v) is 9.80. The molecule has 4 rings (SSSR count). The molecule has 0 aliphatic carbocycles. The van der Waals surface area contributed by atoms with Crippen molar-refractivity contribution in [2.75, 3.05) is 33.4 Å². The van der Waals surface area contributed by atoms with Crippen LogP contribution in [0.5, 0.6) is 5.75 Å². The summed E-state index contributed by atoms with van der Waals surface area (Å²) in [5.74, 6) is 0.963. The molecule has 1 aromatic carbocycles. The Bertz CT molecular complexity index is 699. The van der Waals surface area contributed by atoms with E-state index < -0.39 is 0 Å². The fourth-order valence-electron chi connectivity index (χ4n) is 3.70. The van der Waals surface area contributed by atoms with E-state index in [9.17, 15) is 0 Å². The van der Waals surface area contributed by atoms with Crippen molar-refractivity contribution in [1.29, 1.82) is 0 Å². The molecule has 2 aliphatic rings. The van der Waals surface area contributed by atoms with Crippen LogP contribution in [0.25, 0.3) is 0 Å². The first-order valence-electron chi connectivity index (χ1n) is 8.99. The molecule has 0 amide bonds. The van der Waals surface area contributed by atoms with Crippen LogP contribution < -0.4 is 10.1 Å². The van der Waals surface area contributed by atoms with Gasteiger partial charge >= 0.3 is 0 Å². The molecule has 1 N–H and O–H groups in total. The number of para-hydroxylation sites is 1. The Morgan fingerprint density at radius 2 is 2.32 bits per heavy atom. The maximum atomic E-state index is 5.77. The van der Waals surface area contributed by atoms with Gasteiger partial charge in [0.05, 0.1) is 13.2 Å². The van der Waals surface area contributed by atoms with E-state index in [0.717, 1.165) is 56.4 Å². The third kappa shape index (κ3) is 3.72. The van der Waals surface area contributed by atoms with E-state index in [1.54, 1.807) is 18.4 Å². The number of benzene rings is 1. The van der Waals surface area contributed by atoms with Gasteiger partial charge in [0.1, 0.15) is 16.9 Å². The van der Waals surface area contributed by atoms with Gasteiger partial charge < -0.3 is 14.8 Å². The summed E-state index contributed by atoms with van der Waals surface area (Å²) in [5, 5.41) is 4.66. The number of ether oxygens (including phenoxy) is 2. The zero-order valence-corrected chi connectivity index (χ0v) is 15.4. The highest BCUT2D eigenvalue weighted by Gasteiger charge is 2.27. The number of nitrogens with one attached hydrogen (secondary N) is 1. The molecule has 2 fully saturated rings. The third-order valence-corrected chi connectivity index (χ3v) is 6.06. The quantitative estimate of drug-likeness (QED) is 0.889. The van der Waals surface area contributed by atoms with Gasteiger partial charge in [0.25, 0.3) is 0 Å². The van der Waals surface area contributed by atoms with E-state index in [1.807, 2.05) is 18.3 Å². The van der Waals surface area contributed by atoms with Crippen LogP contribution in [0.2, 0.25) is 0 Å². The predicted molar refractivity (Wildman–Crippen MR) is 99.1 cm³/mol. The van der Waals surface area contributed by atoms with Crippen molar-refractivity contribution in [3.8, 4) is 5.75 Å². The first-order chi connectivity index (χ1) is 12.3. The van der Waals surface area contributed by atoms with Crippen LogP contribution >= 0.6 is 11.3 Å². The highest BCUT2D eigenvalue weighted by molar-refractivity contribution is 7.11. The Morgan fingerprint density at radius 1 is 1.40 bits per heavy atom. The molecule has 2 aromatic rings. The number of nitrogens with zero attached hydrogens (tertiary/aromatic N) is 2. The van der Waals surface area contributed by atoms with Gasteiger partial charge in [-0.25, -0.2) is 4.98 Å². The van der Waals surface area contributed by atoms with Crippen molar-refractivity contribution >= 4 is 11.3 Å². The SMILES string of the molecule is COc1ccccc1C1CNCCN1Cc1cnc(C2CCCO2)s1. The molecular weight excluding hydrogens is 334 g/mol. The largest absolute Gasteiger partial charge is 0.496 e. The maximum Gasteiger partial charge on any atom is 0.123 e. The molecule has 3 heterocycles. The molecule has 5 nitrogen and oxygen atoms in total. The van der Waals surface area contributed by atoms with Crippen molar-refractivity contribution in [2.45, 2.75) is 31.5 Å². The summed E-state index contributed by atoms with van der Waals surface area (Å²) in [6, 6.07) is 8.66. The van der Waals surface area contributed by atoms with E-state index in [4.69, 9.17) is 9.47 Å². The van der Waals surface area contributed by atoms with Crippen LogP contribution in [0, 0.1) is 0 Å². The molecular formula is C19H25N3O2S. The molecule has 2 unspecified atom stereocenters. The first kappa shape index (κ1) is 17.0. The van der Waals surface area contributed by atoms with Crippen molar-refractivity contribution in [3.05, 3.63) is 45.9 Å². The Morgan fingerprint density at radius 3 is 3.16 bits per heavy atom. The molecule has 2 atom stereocenters. The Labute approximate surface area is 153 Å². The number of piperazine rings is 1. The van der Waals surface area contributed by atoms with Gasteiger partial charge in [0.15, 0.2) is 0 Å². The van der Waals surface area contributed by atoms with Crippen LogP contribution in [0.4, 0.5) is 0 Å². The van der Waals surface area contributed by atoms with E-state index in [-0.39, 0.29) is 6.10 Å². The number of rotatable bonds is 5. The van der Waals surface area contributed by atoms with Crippen molar-refractivity contribution < 1.29 is 9.47 Å². The average molecular weight is 359 g/mol. The number of hydrogen-bond acceptors (Lipinski definition) is 6. The van der Waals surface area contributed by atoms with Gasteiger partial charge in [0, 0.05) is 49.4 Å². The molecule has 0 radical (unpaired) electrons. The molecule has 0 spiro atoms. The summed E-state index contributed by atoms with van der Waals surface area (Å²) in [4.78, 5) is 8.46. The standard InChI is InChI=1S/C19H25N3O2S/c1-23-17-6-3-2-5-15(17)16-12-20-8-9-22(16)13-14-11-21-19(25-14)18-7-4-10-24-18/h2-3,5-6,11,16,18,20H,4,7-10,12-13H2,1H3. The number of hydrogen-bond donors (Lipinski definition) is 1. The zero-order valence-electron chi connectivity index (χ0n) is 14.6. The Hall–Kier alpha value is -1.47. The lowest BCUT2D eigenvalue weighted by molar-refractivity contribution is 0.111. The summed E-state index contributed by atoms with van der Waals surface area (Å²) in [6.45, 7) is 4.78. The van der Waals surface area contributed by atoms with Gasteiger partial charge in [-0.15, -0.1) is 11.3 Å². The van der Waals surface area contributed by atoms with E-state index in [1.165, 1.54) is 10.4 Å². The minimum atomic E-state index is 0.215. The van der Waals surface area contributed by atoms with Crippen molar-refractivity contribution in [2.24, 2.45) is 0 Å². The molecule has 0 saturated carbocycles. The summed E-state index contributed by atoms with van der Waals surface area (Å²) in [5.41, 5.74) is 1.25. The minimum absolute atomic E-state index is 0.215. The summed E-state index contributed by atoms with van der Waals surface area (Å²) in [6.07, 6.45) is 4.49. The lowest BCUT2D eigenvalue weighted by Crippen LogP contribution is -2.45. The van der Waals surface area contributed by atoms with E-state index in [2.05, 4.69) is 27.3 Å². The maximum absolute atomic E-state index is 5.77. The molecule has 1 aromatic heterocycles. The van der Waals surface area contributed by atoms with Crippen LogP contribution in [0.1, 0.15) is 40.4 Å². The Balaban J connectivity index is 1.51. The lowest BCUT2D eigenvalue weighted by atomic mass is 10.0. The number of thiazole rings is 1. The van der Waals surface area contributed by atoms with Crippen LogP contribution in [-0.2, 0) is 11.3 Å². The second-order valence-corrected chi connectivity index (χ2v) is 7.75. The summed E-state index contributed by atoms with van der Waals surface area (Å²) >= 11 is 1.80. The summed E-state index contributed by atoms with van der Waals surface area (Å²) < 4.78 is 11.4. The average Bonchev–Trinajstić information content (AvgIpc) is 3.34. The molecule has 134 valence electrons. The highest BCUT2D eigenvalue weighted by atomic mass is 32.1. The second-order valence-electron chi connectivity index (χ2n) is 6.60. The zero-order chi connectivity index (χ0) is 17.1. The van der Waals surface area contributed by atoms with Crippen molar-refractivity contribution in [3.63, 3.8) is 0 Å². The van der Waals surface area contributed by atoms with Gasteiger partial charge in [-0.1, -0.05) is 18.2 Å². The normalized spacial score (nSPS) is 24.5. The Kier molecular flexibility index (Phi) is 5.31. The van der Waals surface area contributed by atoms with Gasteiger partial charge in [-0.05, 0) is 18.9 Å². The van der Waals surface area contributed by atoms with Crippen molar-refractivity contribution in [1.82, 2.24) is 15.2 Å². The monoisotopic (exact) mass is 359 g/mol. The third-order valence-electron chi connectivity index (χ3n) is 4.99. The van der Waals surface area contributed by atoms with Gasteiger partial charge in [-0.2, -0.15) is 0 Å². The molecule has 2 aliphatic heterocycles. The minimum Gasteiger partial charge on any atom is -0.496 e. The highest BCUT2D eigenvalue weighted by Crippen LogP contribution is 2.34. The van der Waals surface area contributed by atoms with Crippen LogP contribution in [0.3, 0.4) is 0 Å². The fourth-order valence-corrected chi connectivity index (χ4v) is 4.73. The molecule has 2 saturated heterocycles. The molecule has 6 heteroatoms. The van der Waals surface area contributed by atoms with Crippen LogP contribution in [0.15, 0.2) is 30.5 Å². The van der Waals surface area contributed by atoms with Crippen LogP contribution in [-0.4, -0.2) is 43.2 Å². The fraction of sp³-hybridized carbons (Fsp3) is 0.526. The second kappa shape index (κ2) is 7.83. The lowest BCUT2D eigenvalue weighted by Gasteiger charge is -2.36. The molecule has 0 bridgehead atoms. The summed E-state index contributed by atoms with van der Waals surface area (Å²) in [7, 11) is 1.75. The number of aromatic nitrogens is 1. The van der Waals surface area contributed by atoms with E-state index >= 15 is 0 Å². The van der Waals surface area contributed by atoms with Gasteiger partial charge in [0.2, 0.25) is 0 Å². The molecule has 25 heavy (non-hydrogen) atoms. The number of methoxy groups -OCH3 is 1. The predicted octanol–water partition coefficient (Wildman–Crippen LogP) is 3.15. The topological polar surface area (TPSA) is 46.6 Å². The van der Waals surface area contributed by atoms with E-state index in [0.29, 0.717) is 6.04 Å².